The Morgan fingerprint density at radius 1 is 1.08 bits per heavy atom. The second-order valence-electron chi connectivity index (χ2n) is 2.97. The molecular formula is C11H10FN. The summed E-state index contributed by atoms with van der Waals surface area (Å²) in [6.45, 7) is 1.95. The Balaban J connectivity index is 2.59. The van der Waals surface area contributed by atoms with Crippen molar-refractivity contribution in [2.45, 2.75) is 6.92 Å². The molecule has 0 spiro atoms. The topological polar surface area (TPSA) is 4.93 Å². The first-order chi connectivity index (χ1) is 6.29. The molecule has 1 nitrogen and oxygen atoms in total. The van der Waals surface area contributed by atoms with Gasteiger partial charge in [0.1, 0.15) is 5.82 Å². The summed E-state index contributed by atoms with van der Waals surface area (Å²) in [6, 6.07) is 10.6. The molecule has 2 rings (SSSR count). The smallest absolute Gasteiger partial charge is 0.147 e. The van der Waals surface area contributed by atoms with Crippen LogP contribution in [-0.2, 0) is 0 Å². The molecule has 0 bridgehead atoms. The summed E-state index contributed by atoms with van der Waals surface area (Å²) in [5.41, 5.74) is 1.63. The average molecular weight is 175 g/mol. The highest BCUT2D eigenvalue weighted by molar-refractivity contribution is 5.35. The SMILES string of the molecule is Cc1cccn1-c1ccccc1F. The minimum Gasteiger partial charge on any atom is -0.319 e. The van der Waals surface area contributed by atoms with E-state index in [9.17, 15) is 4.39 Å². The summed E-state index contributed by atoms with van der Waals surface area (Å²) in [5, 5.41) is 0. The van der Waals surface area contributed by atoms with E-state index in [1.54, 1.807) is 12.1 Å². The summed E-state index contributed by atoms with van der Waals surface area (Å²) < 4.78 is 15.1. The average Bonchev–Trinajstić information content (AvgIpc) is 2.52. The van der Waals surface area contributed by atoms with Gasteiger partial charge in [0.05, 0.1) is 5.69 Å². The second kappa shape index (κ2) is 3.05. The van der Waals surface area contributed by atoms with Crippen LogP contribution < -0.4 is 0 Å². The summed E-state index contributed by atoms with van der Waals surface area (Å²) >= 11 is 0. The molecule has 66 valence electrons. The van der Waals surface area contributed by atoms with E-state index < -0.39 is 0 Å². The molecule has 0 fully saturated rings. The van der Waals surface area contributed by atoms with Crippen LogP contribution in [0.2, 0.25) is 0 Å². The molecule has 0 amide bonds. The van der Waals surface area contributed by atoms with Gasteiger partial charge >= 0.3 is 0 Å². The molecule has 1 heterocycles. The van der Waals surface area contributed by atoms with E-state index in [0.29, 0.717) is 5.69 Å². The minimum atomic E-state index is -0.193. The standard InChI is InChI=1S/C11H10FN/c1-9-5-4-8-13(9)11-7-3-2-6-10(11)12/h2-8H,1H3. The zero-order chi connectivity index (χ0) is 9.26. The Bertz CT molecular complexity index is 418. The lowest BCUT2D eigenvalue weighted by molar-refractivity contribution is 0.617. The van der Waals surface area contributed by atoms with Crippen LogP contribution in [0, 0.1) is 12.7 Å². The van der Waals surface area contributed by atoms with Gasteiger partial charge in [-0.1, -0.05) is 12.1 Å². The van der Waals surface area contributed by atoms with E-state index in [-0.39, 0.29) is 5.82 Å². The fourth-order valence-corrected chi connectivity index (χ4v) is 1.38. The number of hydrogen-bond acceptors (Lipinski definition) is 0. The van der Waals surface area contributed by atoms with Crippen molar-refractivity contribution in [3.05, 3.63) is 54.1 Å². The number of nitrogens with zero attached hydrogens (tertiary/aromatic N) is 1. The van der Waals surface area contributed by atoms with Gasteiger partial charge in [0.2, 0.25) is 0 Å². The fourth-order valence-electron chi connectivity index (χ4n) is 1.38. The van der Waals surface area contributed by atoms with Gasteiger partial charge < -0.3 is 4.57 Å². The summed E-state index contributed by atoms with van der Waals surface area (Å²) in [4.78, 5) is 0. The van der Waals surface area contributed by atoms with Crippen LogP contribution in [0.3, 0.4) is 0 Å². The largest absolute Gasteiger partial charge is 0.319 e. The van der Waals surface area contributed by atoms with Crippen molar-refractivity contribution in [1.29, 1.82) is 0 Å². The Hall–Kier alpha value is -1.57. The Morgan fingerprint density at radius 2 is 1.85 bits per heavy atom. The van der Waals surface area contributed by atoms with Crippen molar-refractivity contribution in [2.75, 3.05) is 0 Å². The Kier molecular flexibility index (Phi) is 1.89. The first-order valence-electron chi connectivity index (χ1n) is 4.18. The molecule has 13 heavy (non-hydrogen) atoms. The normalized spacial score (nSPS) is 10.3. The molecule has 0 atom stereocenters. The van der Waals surface area contributed by atoms with Crippen molar-refractivity contribution in [2.24, 2.45) is 0 Å². The summed E-state index contributed by atoms with van der Waals surface area (Å²) in [7, 11) is 0. The van der Waals surface area contributed by atoms with Crippen molar-refractivity contribution in [3.63, 3.8) is 0 Å². The predicted octanol–water partition coefficient (Wildman–Crippen LogP) is 2.92. The third-order valence-corrected chi connectivity index (χ3v) is 2.06. The van der Waals surface area contributed by atoms with E-state index in [4.69, 9.17) is 0 Å². The zero-order valence-corrected chi connectivity index (χ0v) is 7.37. The molecule has 1 aromatic carbocycles. The zero-order valence-electron chi connectivity index (χ0n) is 7.37. The number of para-hydroxylation sites is 1. The first kappa shape index (κ1) is 8.05. The molecule has 2 heteroatoms. The number of rotatable bonds is 1. The minimum absolute atomic E-state index is 0.193. The molecule has 0 aliphatic carbocycles. The van der Waals surface area contributed by atoms with Crippen LogP contribution >= 0.6 is 0 Å². The molecule has 0 aliphatic rings. The first-order valence-corrected chi connectivity index (χ1v) is 4.18. The molecule has 0 aliphatic heterocycles. The third-order valence-electron chi connectivity index (χ3n) is 2.06. The lowest BCUT2D eigenvalue weighted by atomic mass is 10.3. The van der Waals surface area contributed by atoms with Crippen LogP contribution in [0.5, 0.6) is 0 Å². The molecule has 1 aromatic heterocycles. The van der Waals surface area contributed by atoms with Crippen molar-refractivity contribution in [3.8, 4) is 5.69 Å². The molecule has 0 radical (unpaired) electrons. The van der Waals surface area contributed by atoms with Gasteiger partial charge in [-0.15, -0.1) is 0 Å². The van der Waals surface area contributed by atoms with E-state index in [0.717, 1.165) is 5.69 Å². The Labute approximate surface area is 76.4 Å². The highest BCUT2D eigenvalue weighted by atomic mass is 19.1. The molecule has 2 aromatic rings. The summed E-state index contributed by atoms with van der Waals surface area (Å²) in [5.74, 6) is -0.193. The highest BCUT2D eigenvalue weighted by Gasteiger charge is 2.03. The predicted molar refractivity (Wildman–Crippen MR) is 50.5 cm³/mol. The fraction of sp³-hybridized carbons (Fsp3) is 0.0909. The van der Waals surface area contributed by atoms with Gasteiger partial charge in [0, 0.05) is 11.9 Å². The maximum absolute atomic E-state index is 13.3. The van der Waals surface area contributed by atoms with Crippen molar-refractivity contribution in [1.82, 2.24) is 4.57 Å². The second-order valence-corrected chi connectivity index (χ2v) is 2.97. The van der Waals surface area contributed by atoms with Crippen LogP contribution in [0.1, 0.15) is 5.69 Å². The maximum Gasteiger partial charge on any atom is 0.147 e. The van der Waals surface area contributed by atoms with Gasteiger partial charge in [-0.25, -0.2) is 4.39 Å². The van der Waals surface area contributed by atoms with Gasteiger partial charge in [-0.3, -0.25) is 0 Å². The highest BCUT2D eigenvalue weighted by Crippen LogP contribution is 2.14. The van der Waals surface area contributed by atoms with Crippen molar-refractivity contribution >= 4 is 0 Å². The van der Waals surface area contributed by atoms with Crippen LogP contribution in [0.15, 0.2) is 42.6 Å². The quantitative estimate of drug-likeness (QED) is 0.628. The number of aryl methyl sites for hydroxylation is 1. The molecule has 0 unspecified atom stereocenters. The number of benzene rings is 1. The Morgan fingerprint density at radius 3 is 2.46 bits per heavy atom. The third kappa shape index (κ3) is 1.35. The van der Waals surface area contributed by atoms with E-state index in [1.807, 2.05) is 35.9 Å². The summed E-state index contributed by atoms with van der Waals surface area (Å²) in [6.07, 6.45) is 1.85. The lowest BCUT2D eigenvalue weighted by Gasteiger charge is -2.06. The molecule has 0 N–H and O–H groups in total. The van der Waals surface area contributed by atoms with Crippen LogP contribution in [0.4, 0.5) is 4.39 Å². The van der Waals surface area contributed by atoms with Crippen molar-refractivity contribution < 1.29 is 4.39 Å². The molecular weight excluding hydrogens is 165 g/mol. The number of hydrogen-bond donors (Lipinski definition) is 0. The van der Waals surface area contributed by atoms with Gasteiger partial charge in [0.15, 0.2) is 0 Å². The van der Waals surface area contributed by atoms with E-state index in [1.165, 1.54) is 6.07 Å². The molecule has 0 saturated heterocycles. The van der Waals surface area contributed by atoms with E-state index >= 15 is 0 Å². The monoisotopic (exact) mass is 175 g/mol. The lowest BCUT2D eigenvalue weighted by Crippen LogP contribution is -1.97. The van der Waals surface area contributed by atoms with Gasteiger partial charge in [-0.05, 0) is 31.2 Å². The van der Waals surface area contributed by atoms with E-state index in [2.05, 4.69) is 0 Å². The number of halogens is 1. The van der Waals surface area contributed by atoms with Gasteiger partial charge in [0.25, 0.3) is 0 Å². The molecule has 0 saturated carbocycles. The maximum atomic E-state index is 13.3. The van der Waals surface area contributed by atoms with Gasteiger partial charge in [-0.2, -0.15) is 0 Å². The number of aromatic nitrogens is 1. The van der Waals surface area contributed by atoms with Crippen LogP contribution in [-0.4, -0.2) is 4.57 Å². The van der Waals surface area contributed by atoms with Crippen LogP contribution in [0.25, 0.3) is 5.69 Å².